The van der Waals surface area contributed by atoms with E-state index in [1.165, 1.54) is 4.90 Å². The fourth-order valence-corrected chi connectivity index (χ4v) is 1.95. The molecule has 1 atom stereocenters. The molecule has 1 heterocycles. The zero-order chi connectivity index (χ0) is 15.5. The molecule has 1 saturated heterocycles. The Morgan fingerprint density at radius 2 is 1.65 bits per heavy atom. The molecule has 1 aliphatic rings. The van der Waals surface area contributed by atoms with Gasteiger partial charge in [0.15, 0.2) is 0 Å². The predicted octanol–water partition coefficient (Wildman–Crippen LogP) is 1.02. The number of hydrogen-bond acceptors (Lipinski definition) is 4. The molecule has 1 unspecified atom stereocenters. The standard InChI is InChI=1S/C14H27N3O3/c1-11(16(6)13(19)20-14(2,3)4)12(18)17-9-7-15(5)8-10-17/h11H,7-10H2,1-6H3. The largest absolute Gasteiger partial charge is 0.444 e. The van der Waals surface area contributed by atoms with Gasteiger partial charge in [0.25, 0.3) is 0 Å². The predicted molar refractivity (Wildman–Crippen MR) is 77.5 cm³/mol. The molecule has 6 heteroatoms. The van der Waals surface area contributed by atoms with Crippen molar-refractivity contribution in [3.05, 3.63) is 0 Å². The van der Waals surface area contributed by atoms with E-state index in [-0.39, 0.29) is 5.91 Å². The Morgan fingerprint density at radius 1 is 1.15 bits per heavy atom. The van der Waals surface area contributed by atoms with Gasteiger partial charge in [0.2, 0.25) is 5.91 Å². The lowest BCUT2D eigenvalue weighted by Crippen LogP contribution is -2.54. The van der Waals surface area contributed by atoms with Crippen molar-refractivity contribution in [2.75, 3.05) is 40.3 Å². The molecular formula is C14H27N3O3. The van der Waals surface area contributed by atoms with Gasteiger partial charge in [-0.25, -0.2) is 4.79 Å². The maximum Gasteiger partial charge on any atom is 0.410 e. The Hall–Kier alpha value is -1.30. The summed E-state index contributed by atoms with van der Waals surface area (Å²) in [6, 6.07) is -0.506. The van der Waals surface area contributed by atoms with E-state index >= 15 is 0 Å². The van der Waals surface area contributed by atoms with Gasteiger partial charge in [0.05, 0.1) is 0 Å². The number of ether oxygens (including phenoxy) is 1. The van der Waals surface area contributed by atoms with Crippen molar-refractivity contribution in [3.63, 3.8) is 0 Å². The van der Waals surface area contributed by atoms with Crippen LogP contribution in [-0.2, 0) is 9.53 Å². The molecule has 1 rings (SSSR count). The summed E-state index contributed by atoms with van der Waals surface area (Å²) in [5, 5.41) is 0. The van der Waals surface area contributed by atoms with Crippen LogP contribution in [0.1, 0.15) is 27.7 Å². The maximum atomic E-state index is 12.4. The van der Waals surface area contributed by atoms with Gasteiger partial charge >= 0.3 is 6.09 Å². The van der Waals surface area contributed by atoms with Gasteiger partial charge in [-0.2, -0.15) is 0 Å². The first kappa shape index (κ1) is 16.8. The lowest BCUT2D eigenvalue weighted by molar-refractivity contribution is -0.137. The highest BCUT2D eigenvalue weighted by molar-refractivity contribution is 5.85. The first-order valence-electron chi connectivity index (χ1n) is 7.05. The second kappa shape index (κ2) is 6.43. The third kappa shape index (κ3) is 4.67. The average Bonchev–Trinajstić information content (AvgIpc) is 2.35. The lowest BCUT2D eigenvalue weighted by Gasteiger charge is -2.36. The Balaban J connectivity index is 2.57. The molecule has 0 bridgehead atoms. The van der Waals surface area contributed by atoms with Crippen LogP contribution in [-0.4, -0.2) is 78.6 Å². The minimum Gasteiger partial charge on any atom is -0.444 e. The Bertz CT molecular complexity index is 357. The number of likely N-dealkylation sites (N-methyl/N-ethyl adjacent to an activating group) is 2. The van der Waals surface area contributed by atoms with Crippen LogP contribution >= 0.6 is 0 Å². The van der Waals surface area contributed by atoms with E-state index in [1.807, 2.05) is 32.7 Å². The highest BCUT2D eigenvalue weighted by Gasteiger charge is 2.30. The normalized spacial score (nSPS) is 18.6. The van der Waals surface area contributed by atoms with Crippen molar-refractivity contribution in [1.82, 2.24) is 14.7 Å². The lowest BCUT2D eigenvalue weighted by atomic mass is 10.2. The molecular weight excluding hydrogens is 258 g/mol. The van der Waals surface area contributed by atoms with Crippen LogP contribution in [0.25, 0.3) is 0 Å². The van der Waals surface area contributed by atoms with Gasteiger partial charge in [-0.3, -0.25) is 9.69 Å². The molecule has 6 nitrogen and oxygen atoms in total. The molecule has 0 N–H and O–H groups in total. The van der Waals surface area contributed by atoms with Crippen LogP contribution in [0.15, 0.2) is 0 Å². The molecule has 116 valence electrons. The molecule has 2 amide bonds. The summed E-state index contributed by atoms with van der Waals surface area (Å²) in [7, 11) is 3.64. The first-order valence-corrected chi connectivity index (χ1v) is 7.05. The van der Waals surface area contributed by atoms with Crippen LogP contribution < -0.4 is 0 Å². The number of carbonyl (C=O) groups is 2. The second-order valence-electron chi connectivity index (χ2n) is 6.40. The monoisotopic (exact) mass is 285 g/mol. The van der Waals surface area contributed by atoms with E-state index in [9.17, 15) is 9.59 Å². The molecule has 0 spiro atoms. The Labute approximate surface area is 121 Å². The molecule has 0 aromatic carbocycles. The van der Waals surface area contributed by atoms with Crippen LogP contribution in [0.2, 0.25) is 0 Å². The smallest absolute Gasteiger partial charge is 0.410 e. The zero-order valence-electron chi connectivity index (χ0n) is 13.5. The van der Waals surface area contributed by atoms with Crippen LogP contribution in [0, 0.1) is 0 Å². The third-order valence-electron chi connectivity index (χ3n) is 3.43. The molecule has 0 radical (unpaired) electrons. The van der Waals surface area contributed by atoms with Crippen molar-refractivity contribution in [2.45, 2.75) is 39.3 Å². The van der Waals surface area contributed by atoms with Crippen LogP contribution in [0.4, 0.5) is 4.79 Å². The van der Waals surface area contributed by atoms with Crippen molar-refractivity contribution in [3.8, 4) is 0 Å². The topological polar surface area (TPSA) is 53.1 Å². The van der Waals surface area contributed by atoms with Gasteiger partial charge in [-0.15, -0.1) is 0 Å². The fourth-order valence-electron chi connectivity index (χ4n) is 1.95. The van der Waals surface area contributed by atoms with E-state index in [4.69, 9.17) is 4.74 Å². The van der Waals surface area contributed by atoms with Crippen molar-refractivity contribution in [1.29, 1.82) is 0 Å². The van der Waals surface area contributed by atoms with Gasteiger partial charge in [-0.05, 0) is 34.7 Å². The molecule has 0 aliphatic carbocycles. The highest BCUT2D eigenvalue weighted by atomic mass is 16.6. The van der Waals surface area contributed by atoms with Crippen molar-refractivity contribution < 1.29 is 14.3 Å². The van der Waals surface area contributed by atoms with E-state index in [0.717, 1.165) is 13.1 Å². The number of carbonyl (C=O) groups excluding carboxylic acids is 2. The minimum absolute atomic E-state index is 0.0218. The highest BCUT2D eigenvalue weighted by Crippen LogP contribution is 2.12. The second-order valence-corrected chi connectivity index (χ2v) is 6.40. The number of piperazine rings is 1. The number of nitrogens with zero attached hydrogens (tertiary/aromatic N) is 3. The summed E-state index contributed by atoms with van der Waals surface area (Å²) in [6.45, 7) is 10.3. The third-order valence-corrected chi connectivity index (χ3v) is 3.43. The molecule has 1 fully saturated rings. The van der Waals surface area contributed by atoms with E-state index < -0.39 is 17.7 Å². The molecule has 0 aromatic heterocycles. The molecule has 1 aliphatic heterocycles. The SMILES string of the molecule is CC(C(=O)N1CCN(C)CC1)N(C)C(=O)OC(C)(C)C. The Morgan fingerprint density at radius 3 is 2.10 bits per heavy atom. The fraction of sp³-hybridized carbons (Fsp3) is 0.857. The molecule has 0 aromatic rings. The zero-order valence-corrected chi connectivity index (χ0v) is 13.5. The maximum absolute atomic E-state index is 12.4. The average molecular weight is 285 g/mol. The van der Waals surface area contributed by atoms with Gasteiger partial charge in [-0.1, -0.05) is 0 Å². The van der Waals surface area contributed by atoms with Gasteiger partial charge in [0, 0.05) is 33.2 Å². The summed E-state index contributed by atoms with van der Waals surface area (Å²) in [5.41, 5.74) is -0.554. The van der Waals surface area contributed by atoms with Crippen LogP contribution in [0.5, 0.6) is 0 Å². The Kier molecular flexibility index (Phi) is 5.39. The van der Waals surface area contributed by atoms with E-state index in [1.54, 1.807) is 14.0 Å². The first-order chi connectivity index (χ1) is 9.11. The van der Waals surface area contributed by atoms with Crippen LogP contribution in [0.3, 0.4) is 0 Å². The minimum atomic E-state index is -0.554. The molecule has 0 saturated carbocycles. The summed E-state index contributed by atoms with van der Waals surface area (Å²) in [6.07, 6.45) is -0.465. The van der Waals surface area contributed by atoms with Crippen molar-refractivity contribution >= 4 is 12.0 Å². The van der Waals surface area contributed by atoms with E-state index in [0.29, 0.717) is 13.1 Å². The summed E-state index contributed by atoms with van der Waals surface area (Å²) in [5.74, 6) is -0.0218. The summed E-state index contributed by atoms with van der Waals surface area (Å²) < 4.78 is 5.28. The van der Waals surface area contributed by atoms with Gasteiger partial charge in [0.1, 0.15) is 11.6 Å². The number of amides is 2. The number of rotatable bonds is 2. The van der Waals surface area contributed by atoms with Gasteiger partial charge < -0.3 is 14.5 Å². The van der Waals surface area contributed by atoms with E-state index in [2.05, 4.69) is 4.90 Å². The summed E-state index contributed by atoms with van der Waals surface area (Å²) >= 11 is 0. The van der Waals surface area contributed by atoms with Crippen molar-refractivity contribution in [2.24, 2.45) is 0 Å². The molecule has 20 heavy (non-hydrogen) atoms. The number of hydrogen-bond donors (Lipinski definition) is 0. The summed E-state index contributed by atoms with van der Waals surface area (Å²) in [4.78, 5) is 29.7. The quantitative estimate of drug-likeness (QED) is 0.760.